The average Bonchev–Trinajstić information content (AvgIpc) is 2.27. The van der Waals surface area contributed by atoms with Crippen molar-refractivity contribution in [2.24, 2.45) is 0 Å². The summed E-state index contributed by atoms with van der Waals surface area (Å²) in [5.41, 5.74) is 8.99. The number of hydrogen-bond acceptors (Lipinski definition) is 2. The summed E-state index contributed by atoms with van der Waals surface area (Å²) in [7, 11) is 0. The molecule has 0 aliphatic carbocycles. The molecule has 0 amide bonds. The van der Waals surface area contributed by atoms with Gasteiger partial charge in [-0.05, 0) is 42.8 Å². The van der Waals surface area contributed by atoms with Crippen molar-refractivity contribution in [1.82, 2.24) is 0 Å². The molecule has 4 heteroatoms. The molecule has 0 heterocycles. The second-order valence-corrected chi connectivity index (χ2v) is 4.23. The molecule has 17 heavy (non-hydrogen) atoms. The van der Waals surface area contributed by atoms with Crippen LogP contribution in [0.3, 0.4) is 0 Å². The Morgan fingerprint density at radius 2 is 1.94 bits per heavy atom. The summed E-state index contributed by atoms with van der Waals surface area (Å²) in [4.78, 5) is 0. The maximum atomic E-state index is 12.9. The number of anilines is 3. The number of rotatable bonds is 2. The lowest BCUT2D eigenvalue weighted by molar-refractivity contribution is 0.628. The van der Waals surface area contributed by atoms with Gasteiger partial charge in [-0.2, -0.15) is 0 Å². The average molecular weight is 251 g/mol. The van der Waals surface area contributed by atoms with Crippen LogP contribution in [0.5, 0.6) is 0 Å². The van der Waals surface area contributed by atoms with E-state index in [2.05, 4.69) is 5.32 Å². The second kappa shape index (κ2) is 4.63. The zero-order valence-corrected chi connectivity index (χ0v) is 10.1. The lowest BCUT2D eigenvalue weighted by atomic mass is 10.2. The summed E-state index contributed by atoms with van der Waals surface area (Å²) < 4.78 is 12.9. The van der Waals surface area contributed by atoms with Crippen LogP contribution in [0.4, 0.5) is 21.5 Å². The fourth-order valence-corrected chi connectivity index (χ4v) is 1.68. The van der Waals surface area contributed by atoms with Gasteiger partial charge in [-0.25, -0.2) is 4.39 Å². The van der Waals surface area contributed by atoms with Gasteiger partial charge in [0.1, 0.15) is 5.82 Å². The van der Waals surface area contributed by atoms with Crippen molar-refractivity contribution in [2.75, 3.05) is 11.1 Å². The topological polar surface area (TPSA) is 38.0 Å². The third-order valence-corrected chi connectivity index (χ3v) is 2.80. The van der Waals surface area contributed by atoms with E-state index >= 15 is 0 Å². The van der Waals surface area contributed by atoms with Crippen LogP contribution in [0, 0.1) is 12.7 Å². The lowest BCUT2D eigenvalue weighted by Gasteiger charge is -2.10. The quantitative estimate of drug-likeness (QED) is 0.787. The molecule has 88 valence electrons. The Bertz CT molecular complexity index is 555. The SMILES string of the molecule is Cc1ccc(Nc2ccc(F)cc2Cl)cc1N. The Balaban J connectivity index is 2.28. The first kappa shape index (κ1) is 11.7. The van der Waals surface area contributed by atoms with E-state index < -0.39 is 0 Å². The minimum atomic E-state index is -0.357. The van der Waals surface area contributed by atoms with Gasteiger partial charge in [0.2, 0.25) is 0 Å². The zero-order valence-electron chi connectivity index (χ0n) is 9.30. The number of halogens is 2. The van der Waals surface area contributed by atoms with Crippen LogP contribution in [0.2, 0.25) is 5.02 Å². The molecule has 2 aromatic rings. The number of aryl methyl sites for hydroxylation is 1. The summed E-state index contributed by atoms with van der Waals surface area (Å²) in [6.07, 6.45) is 0. The van der Waals surface area contributed by atoms with Crippen LogP contribution in [0.15, 0.2) is 36.4 Å². The molecule has 0 radical (unpaired) electrons. The van der Waals surface area contributed by atoms with E-state index in [1.807, 2.05) is 25.1 Å². The van der Waals surface area contributed by atoms with Gasteiger partial charge >= 0.3 is 0 Å². The third-order valence-electron chi connectivity index (χ3n) is 2.49. The van der Waals surface area contributed by atoms with E-state index in [0.717, 1.165) is 11.3 Å². The normalized spacial score (nSPS) is 10.3. The van der Waals surface area contributed by atoms with Crippen molar-refractivity contribution in [1.29, 1.82) is 0 Å². The molecule has 0 saturated carbocycles. The molecule has 3 N–H and O–H groups in total. The van der Waals surface area contributed by atoms with Crippen molar-refractivity contribution >= 4 is 28.7 Å². The number of nitrogens with two attached hydrogens (primary N) is 1. The molecule has 2 rings (SSSR count). The van der Waals surface area contributed by atoms with Gasteiger partial charge in [-0.3, -0.25) is 0 Å². The number of benzene rings is 2. The second-order valence-electron chi connectivity index (χ2n) is 3.82. The highest BCUT2D eigenvalue weighted by molar-refractivity contribution is 6.33. The van der Waals surface area contributed by atoms with E-state index in [0.29, 0.717) is 16.4 Å². The Hall–Kier alpha value is -1.74. The van der Waals surface area contributed by atoms with Crippen LogP contribution < -0.4 is 11.1 Å². The highest BCUT2D eigenvalue weighted by Crippen LogP contribution is 2.27. The van der Waals surface area contributed by atoms with Gasteiger partial charge in [0.25, 0.3) is 0 Å². The fraction of sp³-hybridized carbons (Fsp3) is 0.0769. The maximum Gasteiger partial charge on any atom is 0.124 e. The van der Waals surface area contributed by atoms with Gasteiger partial charge in [-0.1, -0.05) is 17.7 Å². The summed E-state index contributed by atoms with van der Waals surface area (Å²) in [6.45, 7) is 1.93. The van der Waals surface area contributed by atoms with Crippen molar-refractivity contribution in [2.45, 2.75) is 6.92 Å². The van der Waals surface area contributed by atoms with Crippen LogP contribution in [-0.4, -0.2) is 0 Å². The Kier molecular flexibility index (Phi) is 3.20. The molecule has 0 atom stereocenters. The molecule has 0 aromatic heterocycles. The highest BCUT2D eigenvalue weighted by Gasteiger charge is 2.03. The van der Waals surface area contributed by atoms with Gasteiger partial charge in [0, 0.05) is 11.4 Å². The summed E-state index contributed by atoms with van der Waals surface area (Å²) >= 11 is 5.92. The zero-order chi connectivity index (χ0) is 12.4. The van der Waals surface area contributed by atoms with Crippen LogP contribution in [0.25, 0.3) is 0 Å². The molecule has 0 spiro atoms. The van der Waals surface area contributed by atoms with Crippen molar-refractivity contribution < 1.29 is 4.39 Å². The number of hydrogen-bond donors (Lipinski definition) is 2. The predicted molar refractivity (Wildman–Crippen MR) is 70.3 cm³/mol. The molecule has 0 fully saturated rings. The van der Waals surface area contributed by atoms with Crippen LogP contribution >= 0.6 is 11.6 Å². The van der Waals surface area contributed by atoms with Gasteiger partial charge < -0.3 is 11.1 Å². The van der Waals surface area contributed by atoms with E-state index in [4.69, 9.17) is 17.3 Å². The molecular weight excluding hydrogens is 239 g/mol. The van der Waals surface area contributed by atoms with Gasteiger partial charge in [0.15, 0.2) is 0 Å². The molecule has 0 aliphatic rings. The molecule has 0 unspecified atom stereocenters. The predicted octanol–water partition coefficient (Wildman–Crippen LogP) is 4.11. The van der Waals surface area contributed by atoms with E-state index in [9.17, 15) is 4.39 Å². The Morgan fingerprint density at radius 1 is 1.18 bits per heavy atom. The maximum absolute atomic E-state index is 12.9. The number of nitrogens with one attached hydrogen (secondary N) is 1. The minimum absolute atomic E-state index is 0.337. The largest absolute Gasteiger partial charge is 0.398 e. The lowest BCUT2D eigenvalue weighted by Crippen LogP contribution is -1.95. The Morgan fingerprint density at radius 3 is 2.59 bits per heavy atom. The minimum Gasteiger partial charge on any atom is -0.398 e. The first-order valence-corrected chi connectivity index (χ1v) is 5.52. The first-order valence-electron chi connectivity index (χ1n) is 5.14. The van der Waals surface area contributed by atoms with E-state index in [1.54, 1.807) is 6.07 Å². The van der Waals surface area contributed by atoms with Crippen molar-refractivity contribution in [3.63, 3.8) is 0 Å². The molecule has 0 bridgehead atoms. The van der Waals surface area contributed by atoms with Crippen molar-refractivity contribution in [3.8, 4) is 0 Å². The Labute approximate surface area is 104 Å². The molecule has 2 nitrogen and oxygen atoms in total. The van der Waals surface area contributed by atoms with Crippen molar-refractivity contribution in [3.05, 3.63) is 52.8 Å². The highest BCUT2D eigenvalue weighted by atomic mass is 35.5. The van der Waals surface area contributed by atoms with Crippen LogP contribution in [0.1, 0.15) is 5.56 Å². The monoisotopic (exact) mass is 250 g/mol. The number of nitrogen functional groups attached to an aromatic ring is 1. The summed E-state index contributed by atoms with van der Waals surface area (Å²) in [6, 6.07) is 9.83. The molecule has 2 aromatic carbocycles. The van der Waals surface area contributed by atoms with E-state index in [-0.39, 0.29) is 5.82 Å². The molecular formula is C13H12ClFN2. The smallest absolute Gasteiger partial charge is 0.124 e. The molecule has 0 aliphatic heterocycles. The third kappa shape index (κ3) is 2.68. The van der Waals surface area contributed by atoms with Gasteiger partial charge in [-0.15, -0.1) is 0 Å². The molecule has 0 saturated heterocycles. The summed E-state index contributed by atoms with van der Waals surface area (Å²) in [5, 5.41) is 3.43. The first-order chi connectivity index (χ1) is 8.06. The fourth-order valence-electron chi connectivity index (χ4n) is 1.46. The standard InChI is InChI=1S/C13H12ClFN2/c1-8-2-4-10(7-12(8)16)17-13-5-3-9(15)6-11(13)14/h2-7,17H,16H2,1H3. The summed E-state index contributed by atoms with van der Waals surface area (Å²) in [5.74, 6) is -0.357. The van der Waals surface area contributed by atoms with E-state index in [1.165, 1.54) is 12.1 Å². The van der Waals surface area contributed by atoms with Gasteiger partial charge in [0.05, 0.1) is 10.7 Å². The van der Waals surface area contributed by atoms with Crippen LogP contribution in [-0.2, 0) is 0 Å².